The van der Waals surface area contributed by atoms with Crippen molar-refractivity contribution in [2.75, 3.05) is 26.8 Å². The first kappa shape index (κ1) is 16.1. The van der Waals surface area contributed by atoms with Crippen LogP contribution < -0.4 is 0 Å². The Morgan fingerprint density at radius 1 is 1.43 bits per heavy atom. The van der Waals surface area contributed by atoms with Crippen molar-refractivity contribution in [3.8, 4) is 10.4 Å². The maximum Gasteiger partial charge on any atom is 0.313 e. The SMILES string of the molecule is COCC1(C(=O)O)CCN(Cc2ncc(-c3ccccc3)s2)C1. The van der Waals surface area contributed by atoms with Crippen LogP contribution in [0.1, 0.15) is 11.4 Å². The van der Waals surface area contributed by atoms with Crippen molar-refractivity contribution in [2.45, 2.75) is 13.0 Å². The second-order valence-electron chi connectivity index (χ2n) is 5.96. The predicted octanol–water partition coefficient (Wildman–Crippen LogP) is 2.73. The van der Waals surface area contributed by atoms with Crippen LogP contribution >= 0.6 is 11.3 Å². The third-order valence-corrected chi connectivity index (χ3v) is 5.31. The van der Waals surface area contributed by atoms with Gasteiger partial charge in [-0.25, -0.2) is 4.98 Å². The summed E-state index contributed by atoms with van der Waals surface area (Å²) in [4.78, 5) is 19.4. The van der Waals surface area contributed by atoms with Gasteiger partial charge in [-0.2, -0.15) is 0 Å². The Balaban J connectivity index is 1.67. The Hall–Kier alpha value is -1.76. The number of hydrogen-bond acceptors (Lipinski definition) is 5. The highest BCUT2D eigenvalue weighted by atomic mass is 32.1. The number of aliphatic carboxylic acids is 1. The minimum atomic E-state index is -0.783. The van der Waals surface area contributed by atoms with Crippen LogP contribution in [0.4, 0.5) is 0 Å². The predicted molar refractivity (Wildman–Crippen MR) is 89.4 cm³/mol. The van der Waals surface area contributed by atoms with E-state index < -0.39 is 11.4 Å². The minimum Gasteiger partial charge on any atom is -0.481 e. The largest absolute Gasteiger partial charge is 0.481 e. The molecule has 5 nitrogen and oxygen atoms in total. The average Bonchev–Trinajstić information content (AvgIpc) is 3.17. The van der Waals surface area contributed by atoms with Crippen LogP contribution in [0, 0.1) is 5.41 Å². The summed E-state index contributed by atoms with van der Waals surface area (Å²) in [6.45, 7) is 2.22. The summed E-state index contributed by atoms with van der Waals surface area (Å²) < 4.78 is 5.13. The fourth-order valence-corrected chi connectivity index (χ4v) is 4.00. The number of hydrogen-bond donors (Lipinski definition) is 1. The summed E-state index contributed by atoms with van der Waals surface area (Å²) in [5.41, 5.74) is 0.380. The van der Waals surface area contributed by atoms with Crippen molar-refractivity contribution in [3.63, 3.8) is 0 Å². The number of thiazole rings is 1. The van der Waals surface area contributed by atoms with Gasteiger partial charge in [-0.3, -0.25) is 9.69 Å². The van der Waals surface area contributed by atoms with Gasteiger partial charge in [0.25, 0.3) is 0 Å². The van der Waals surface area contributed by atoms with E-state index >= 15 is 0 Å². The zero-order valence-electron chi connectivity index (χ0n) is 13.1. The number of carboxylic acids is 1. The summed E-state index contributed by atoms with van der Waals surface area (Å²) in [7, 11) is 1.56. The van der Waals surface area contributed by atoms with Crippen LogP contribution in [0.15, 0.2) is 36.5 Å². The van der Waals surface area contributed by atoms with Crippen molar-refractivity contribution >= 4 is 17.3 Å². The Labute approximate surface area is 139 Å². The number of nitrogens with zero attached hydrogens (tertiary/aromatic N) is 2. The molecule has 0 bridgehead atoms. The molecule has 1 aromatic heterocycles. The average molecular weight is 332 g/mol. The van der Waals surface area contributed by atoms with E-state index in [2.05, 4.69) is 22.0 Å². The van der Waals surface area contributed by atoms with Gasteiger partial charge in [-0.1, -0.05) is 30.3 Å². The van der Waals surface area contributed by atoms with E-state index in [0.29, 0.717) is 19.5 Å². The molecule has 2 aromatic rings. The number of ether oxygens (including phenoxy) is 1. The lowest BCUT2D eigenvalue weighted by Crippen LogP contribution is -2.38. The van der Waals surface area contributed by atoms with Crippen LogP contribution in [0.25, 0.3) is 10.4 Å². The molecule has 1 aliphatic heterocycles. The summed E-state index contributed by atoms with van der Waals surface area (Å²) >= 11 is 1.66. The van der Waals surface area contributed by atoms with Gasteiger partial charge in [0.1, 0.15) is 10.4 Å². The van der Waals surface area contributed by atoms with Crippen LogP contribution in [-0.2, 0) is 16.1 Å². The Morgan fingerprint density at radius 2 is 2.22 bits per heavy atom. The first-order valence-electron chi connectivity index (χ1n) is 7.58. The monoisotopic (exact) mass is 332 g/mol. The highest BCUT2D eigenvalue weighted by Crippen LogP contribution is 2.33. The van der Waals surface area contributed by atoms with Gasteiger partial charge >= 0.3 is 5.97 Å². The van der Waals surface area contributed by atoms with E-state index in [1.807, 2.05) is 24.4 Å². The quantitative estimate of drug-likeness (QED) is 0.881. The maximum absolute atomic E-state index is 11.6. The molecule has 1 aromatic carbocycles. The molecule has 1 N–H and O–H groups in total. The zero-order valence-corrected chi connectivity index (χ0v) is 13.9. The molecule has 1 saturated heterocycles. The van der Waals surface area contributed by atoms with Crippen molar-refractivity contribution in [1.82, 2.24) is 9.88 Å². The van der Waals surface area contributed by atoms with E-state index in [0.717, 1.165) is 22.0 Å². The van der Waals surface area contributed by atoms with Gasteiger partial charge < -0.3 is 9.84 Å². The van der Waals surface area contributed by atoms with Crippen molar-refractivity contribution in [1.29, 1.82) is 0 Å². The van der Waals surface area contributed by atoms with Gasteiger partial charge in [0.2, 0.25) is 0 Å². The molecular formula is C17H20N2O3S. The third kappa shape index (κ3) is 3.44. The third-order valence-electron chi connectivity index (χ3n) is 4.28. The van der Waals surface area contributed by atoms with Crippen LogP contribution in [-0.4, -0.2) is 47.8 Å². The van der Waals surface area contributed by atoms with Crippen molar-refractivity contribution in [3.05, 3.63) is 41.5 Å². The Morgan fingerprint density at radius 3 is 2.91 bits per heavy atom. The summed E-state index contributed by atoms with van der Waals surface area (Å²) in [5, 5.41) is 10.5. The fourth-order valence-electron chi connectivity index (χ4n) is 3.03. The summed E-state index contributed by atoms with van der Waals surface area (Å²) in [6.07, 6.45) is 2.51. The molecule has 1 unspecified atom stereocenters. The molecule has 0 amide bonds. The lowest BCUT2D eigenvalue weighted by Gasteiger charge is -2.23. The van der Waals surface area contributed by atoms with Crippen LogP contribution in [0.5, 0.6) is 0 Å². The van der Waals surface area contributed by atoms with Gasteiger partial charge in [-0.05, 0) is 18.5 Å². The number of aromatic nitrogens is 1. The fraction of sp³-hybridized carbons (Fsp3) is 0.412. The van der Waals surface area contributed by atoms with E-state index in [9.17, 15) is 9.90 Å². The first-order valence-corrected chi connectivity index (χ1v) is 8.39. The molecule has 2 heterocycles. The van der Waals surface area contributed by atoms with Crippen molar-refractivity contribution < 1.29 is 14.6 Å². The smallest absolute Gasteiger partial charge is 0.313 e. The molecule has 0 saturated carbocycles. The Bertz CT molecular complexity index is 673. The van der Waals surface area contributed by atoms with Gasteiger partial charge in [0.15, 0.2) is 0 Å². The molecule has 6 heteroatoms. The summed E-state index contributed by atoms with van der Waals surface area (Å²) in [5.74, 6) is -0.772. The highest BCUT2D eigenvalue weighted by molar-refractivity contribution is 7.15. The van der Waals surface area contributed by atoms with Crippen LogP contribution in [0.3, 0.4) is 0 Å². The highest BCUT2D eigenvalue weighted by Gasteiger charge is 2.45. The number of methoxy groups -OCH3 is 1. The van der Waals surface area contributed by atoms with E-state index in [1.54, 1.807) is 18.4 Å². The zero-order chi connectivity index (χ0) is 16.3. The second kappa shape index (κ2) is 6.78. The number of carbonyl (C=O) groups is 1. The van der Waals surface area contributed by atoms with E-state index in [-0.39, 0.29) is 6.61 Å². The maximum atomic E-state index is 11.6. The number of carboxylic acid groups (broad SMARTS) is 1. The standard InChI is InChI=1S/C17H20N2O3S/c1-22-12-17(16(20)21)7-8-19(11-17)10-15-18-9-14(23-15)13-5-3-2-4-6-13/h2-6,9H,7-8,10-12H2,1H3,(H,20,21). The molecule has 1 aliphatic rings. The molecule has 3 rings (SSSR count). The lowest BCUT2D eigenvalue weighted by atomic mass is 9.88. The Kier molecular flexibility index (Phi) is 4.75. The van der Waals surface area contributed by atoms with Gasteiger partial charge in [-0.15, -0.1) is 11.3 Å². The van der Waals surface area contributed by atoms with Gasteiger partial charge in [0, 0.05) is 19.9 Å². The number of likely N-dealkylation sites (tertiary alicyclic amines) is 1. The van der Waals surface area contributed by atoms with Crippen LogP contribution in [0.2, 0.25) is 0 Å². The normalized spacial score (nSPS) is 21.6. The summed E-state index contributed by atoms with van der Waals surface area (Å²) in [6, 6.07) is 10.2. The molecule has 1 fully saturated rings. The molecule has 23 heavy (non-hydrogen) atoms. The molecule has 0 spiro atoms. The topological polar surface area (TPSA) is 62.7 Å². The molecule has 0 radical (unpaired) electrons. The van der Waals surface area contributed by atoms with E-state index in [1.165, 1.54) is 0 Å². The number of rotatable bonds is 6. The molecular weight excluding hydrogens is 312 g/mol. The van der Waals surface area contributed by atoms with E-state index in [4.69, 9.17) is 4.74 Å². The number of benzene rings is 1. The lowest BCUT2D eigenvalue weighted by molar-refractivity contribution is -0.151. The van der Waals surface area contributed by atoms with Gasteiger partial charge in [0.05, 0.1) is 18.0 Å². The molecule has 0 aliphatic carbocycles. The van der Waals surface area contributed by atoms with Crippen molar-refractivity contribution in [2.24, 2.45) is 5.41 Å². The molecule has 122 valence electrons. The first-order chi connectivity index (χ1) is 11.1. The molecule has 1 atom stereocenters. The second-order valence-corrected chi connectivity index (χ2v) is 7.08. The minimum absolute atomic E-state index is 0.256.